The molecule has 3 rings (SSSR count). The van der Waals surface area contributed by atoms with Crippen molar-refractivity contribution in [3.63, 3.8) is 0 Å². The molecular weight excluding hydrogens is 566 g/mol. The Hall–Kier alpha value is -3.76. The van der Waals surface area contributed by atoms with Gasteiger partial charge in [-0.1, -0.05) is 23.7 Å². The van der Waals surface area contributed by atoms with Crippen molar-refractivity contribution in [1.29, 1.82) is 0 Å². The van der Waals surface area contributed by atoms with Gasteiger partial charge >= 0.3 is 0 Å². The number of sulfonamides is 1. The van der Waals surface area contributed by atoms with Crippen LogP contribution in [-0.2, 0) is 26.2 Å². The zero-order chi connectivity index (χ0) is 30.2. The first-order chi connectivity index (χ1) is 19.5. The molecule has 11 heteroatoms. The highest BCUT2D eigenvalue weighted by molar-refractivity contribution is 7.92. The van der Waals surface area contributed by atoms with Gasteiger partial charge in [-0.15, -0.1) is 0 Å². The number of methoxy groups -OCH3 is 1. The first kappa shape index (κ1) is 31.8. The molecule has 1 N–H and O–H groups in total. The van der Waals surface area contributed by atoms with Crippen LogP contribution in [0.2, 0.25) is 5.02 Å². The zero-order valence-electron chi connectivity index (χ0n) is 23.8. The molecule has 3 aromatic rings. The van der Waals surface area contributed by atoms with E-state index in [-0.39, 0.29) is 29.1 Å². The summed E-state index contributed by atoms with van der Waals surface area (Å²) in [4.78, 5) is 28.3. The molecule has 0 heterocycles. The second kappa shape index (κ2) is 14.2. The zero-order valence-corrected chi connectivity index (χ0v) is 25.4. The molecule has 0 aliphatic heterocycles. The summed E-state index contributed by atoms with van der Waals surface area (Å²) in [6.45, 7) is 7.06. The van der Waals surface area contributed by atoms with Crippen molar-refractivity contribution >= 4 is 39.1 Å². The quantitative estimate of drug-likeness (QED) is 0.299. The molecule has 0 aliphatic rings. The largest absolute Gasteiger partial charge is 0.497 e. The molecule has 0 bridgehead atoms. The Bertz CT molecular complexity index is 1430. The Labute approximate surface area is 247 Å². The van der Waals surface area contributed by atoms with E-state index in [1.807, 2.05) is 26.8 Å². The van der Waals surface area contributed by atoms with Crippen LogP contribution in [0.5, 0.6) is 11.5 Å². The Morgan fingerprint density at radius 3 is 2.20 bits per heavy atom. The van der Waals surface area contributed by atoms with Crippen LogP contribution in [-0.4, -0.2) is 57.5 Å². The summed E-state index contributed by atoms with van der Waals surface area (Å²) in [5.74, 6) is 0.232. The van der Waals surface area contributed by atoms with Gasteiger partial charge in [-0.25, -0.2) is 8.42 Å². The van der Waals surface area contributed by atoms with E-state index in [0.717, 1.165) is 9.87 Å². The molecule has 0 fully saturated rings. The minimum atomic E-state index is -4.21. The van der Waals surface area contributed by atoms with Crippen molar-refractivity contribution in [2.24, 2.45) is 0 Å². The van der Waals surface area contributed by atoms with Gasteiger partial charge in [-0.05, 0) is 93.9 Å². The molecule has 0 aromatic heterocycles. The van der Waals surface area contributed by atoms with Crippen molar-refractivity contribution in [3.05, 3.63) is 83.4 Å². The molecule has 41 heavy (non-hydrogen) atoms. The summed E-state index contributed by atoms with van der Waals surface area (Å²) in [5, 5.41) is 3.21. The average Bonchev–Trinajstić information content (AvgIpc) is 2.94. The number of anilines is 1. The van der Waals surface area contributed by atoms with E-state index in [1.54, 1.807) is 49.4 Å². The van der Waals surface area contributed by atoms with Gasteiger partial charge in [-0.3, -0.25) is 13.9 Å². The number of hydrogen-bond donors (Lipinski definition) is 1. The lowest BCUT2D eigenvalue weighted by molar-refractivity contribution is -0.139. The highest BCUT2D eigenvalue weighted by Gasteiger charge is 2.32. The minimum absolute atomic E-state index is 0.0338. The second-order valence-electron chi connectivity index (χ2n) is 9.60. The number of ether oxygens (including phenoxy) is 2. The fourth-order valence-electron chi connectivity index (χ4n) is 4.09. The smallest absolute Gasteiger partial charge is 0.264 e. The van der Waals surface area contributed by atoms with Gasteiger partial charge in [0.1, 0.15) is 24.1 Å². The summed E-state index contributed by atoms with van der Waals surface area (Å²) in [7, 11) is -2.67. The summed E-state index contributed by atoms with van der Waals surface area (Å²) < 4.78 is 39.6. The average molecular weight is 602 g/mol. The van der Waals surface area contributed by atoms with Gasteiger partial charge in [0, 0.05) is 17.6 Å². The number of rotatable bonds is 13. The summed E-state index contributed by atoms with van der Waals surface area (Å²) in [6.07, 6.45) is 0. The third-order valence-electron chi connectivity index (χ3n) is 6.20. The van der Waals surface area contributed by atoms with E-state index >= 15 is 0 Å². The number of benzene rings is 3. The van der Waals surface area contributed by atoms with Crippen LogP contribution in [0, 0.1) is 0 Å². The predicted octanol–water partition coefficient (Wildman–Crippen LogP) is 4.88. The third kappa shape index (κ3) is 8.37. The number of hydrogen-bond acceptors (Lipinski definition) is 6. The van der Waals surface area contributed by atoms with Crippen molar-refractivity contribution in [2.45, 2.75) is 51.2 Å². The molecule has 1 atom stereocenters. The van der Waals surface area contributed by atoms with E-state index in [0.29, 0.717) is 23.1 Å². The SMILES string of the molecule is CCOc1ccc(N(CC(=O)N(Cc2cccc(OC)c2)[C@H](C)C(=O)NC(C)C)S(=O)(=O)c2ccc(Cl)cc2)cc1. The molecule has 0 unspecified atom stereocenters. The number of nitrogens with one attached hydrogen (secondary N) is 1. The van der Waals surface area contributed by atoms with Crippen molar-refractivity contribution in [1.82, 2.24) is 10.2 Å². The summed E-state index contributed by atoms with van der Waals surface area (Å²) >= 11 is 6.00. The lowest BCUT2D eigenvalue weighted by atomic mass is 10.1. The number of amides is 2. The first-order valence-corrected chi connectivity index (χ1v) is 15.0. The molecule has 0 saturated carbocycles. The highest BCUT2D eigenvalue weighted by atomic mass is 35.5. The first-order valence-electron chi connectivity index (χ1n) is 13.2. The molecule has 3 aromatic carbocycles. The van der Waals surface area contributed by atoms with E-state index < -0.39 is 28.5 Å². The Kier molecular flexibility index (Phi) is 11.0. The Morgan fingerprint density at radius 2 is 1.61 bits per heavy atom. The second-order valence-corrected chi connectivity index (χ2v) is 11.9. The van der Waals surface area contributed by atoms with Gasteiger partial charge in [0.2, 0.25) is 11.8 Å². The van der Waals surface area contributed by atoms with Gasteiger partial charge in [0.15, 0.2) is 0 Å². The fourth-order valence-corrected chi connectivity index (χ4v) is 5.63. The maximum Gasteiger partial charge on any atom is 0.264 e. The molecule has 0 radical (unpaired) electrons. The summed E-state index contributed by atoms with van der Waals surface area (Å²) in [5.41, 5.74) is 0.979. The van der Waals surface area contributed by atoms with Crippen molar-refractivity contribution in [2.75, 3.05) is 24.6 Å². The van der Waals surface area contributed by atoms with E-state index in [4.69, 9.17) is 21.1 Å². The molecule has 0 saturated heterocycles. The molecular formula is C30H36ClN3O6S. The van der Waals surface area contributed by atoms with Gasteiger partial charge in [-0.2, -0.15) is 0 Å². The van der Waals surface area contributed by atoms with E-state index in [9.17, 15) is 18.0 Å². The van der Waals surface area contributed by atoms with E-state index in [1.165, 1.54) is 36.3 Å². The highest BCUT2D eigenvalue weighted by Crippen LogP contribution is 2.27. The summed E-state index contributed by atoms with van der Waals surface area (Å²) in [6, 6.07) is 18.2. The number of carbonyl (C=O) groups is 2. The normalized spacial score (nSPS) is 12.0. The van der Waals surface area contributed by atoms with Crippen LogP contribution in [0.15, 0.2) is 77.7 Å². The van der Waals surface area contributed by atoms with Crippen molar-refractivity contribution < 1.29 is 27.5 Å². The van der Waals surface area contributed by atoms with E-state index in [2.05, 4.69) is 5.32 Å². The van der Waals surface area contributed by atoms with Gasteiger partial charge in [0.05, 0.1) is 24.3 Å². The molecule has 0 aliphatic carbocycles. The number of nitrogens with zero attached hydrogens (tertiary/aromatic N) is 2. The minimum Gasteiger partial charge on any atom is -0.497 e. The third-order valence-corrected chi connectivity index (χ3v) is 8.24. The van der Waals surface area contributed by atoms with Crippen molar-refractivity contribution in [3.8, 4) is 11.5 Å². The monoisotopic (exact) mass is 601 g/mol. The Balaban J connectivity index is 2.04. The standard InChI is InChI=1S/C30H36ClN3O6S/c1-6-40-26-14-12-25(13-15-26)34(41(37,38)28-16-10-24(31)11-17-28)20-29(35)33(22(4)30(36)32-21(2)3)19-23-8-7-9-27(18-23)39-5/h7-18,21-22H,6,19-20H2,1-5H3,(H,32,36)/t22-/m1/s1. The lowest BCUT2D eigenvalue weighted by Gasteiger charge is -2.32. The number of halogens is 1. The Morgan fingerprint density at radius 1 is 0.951 bits per heavy atom. The molecule has 2 amide bonds. The fraction of sp³-hybridized carbons (Fsp3) is 0.333. The van der Waals surface area contributed by atoms with Crippen LogP contribution in [0.4, 0.5) is 5.69 Å². The van der Waals surface area contributed by atoms with Crippen LogP contribution in [0.3, 0.4) is 0 Å². The predicted molar refractivity (Wildman–Crippen MR) is 160 cm³/mol. The van der Waals surface area contributed by atoms with Crippen LogP contribution in [0.1, 0.15) is 33.3 Å². The molecule has 9 nitrogen and oxygen atoms in total. The van der Waals surface area contributed by atoms with Crippen LogP contribution < -0.4 is 19.1 Å². The molecule has 220 valence electrons. The van der Waals surface area contributed by atoms with Gasteiger partial charge < -0.3 is 19.7 Å². The molecule has 0 spiro atoms. The number of carbonyl (C=O) groups excluding carboxylic acids is 2. The maximum atomic E-state index is 14.0. The van der Waals surface area contributed by atoms with Crippen LogP contribution >= 0.6 is 11.6 Å². The lowest BCUT2D eigenvalue weighted by Crippen LogP contribution is -2.52. The van der Waals surface area contributed by atoms with Crippen LogP contribution in [0.25, 0.3) is 0 Å². The maximum absolute atomic E-state index is 14.0. The topological polar surface area (TPSA) is 105 Å². The van der Waals surface area contributed by atoms with Gasteiger partial charge in [0.25, 0.3) is 10.0 Å².